The van der Waals surface area contributed by atoms with Crippen molar-refractivity contribution in [2.45, 2.75) is 13.0 Å². The molecule has 0 heterocycles. The Balaban J connectivity index is 2.47. The van der Waals surface area contributed by atoms with Gasteiger partial charge in [-0.3, -0.25) is 0 Å². The Morgan fingerprint density at radius 3 is 2.50 bits per heavy atom. The number of aryl methyl sites for hydroxylation is 1. The molecule has 0 radical (unpaired) electrons. The Hall–Kier alpha value is -0.840. The van der Waals surface area contributed by atoms with E-state index < -0.39 is 0 Å². The number of halogens is 2. The molecular weight excluding hydrogens is 382 g/mol. The standard InChI is InChI=1S/C16H17Br2NO/c1-10-5-4-6-12(15(10)18)16(19-2)11-7-8-14(20-3)13(17)9-11/h4-9,16,19H,1-3H3. The van der Waals surface area contributed by atoms with Gasteiger partial charge in [-0.2, -0.15) is 0 Å². The summed E-state index contributed by atoms with van der Waals surface area (Å²) in [5, 5.41) is 3.38. The fraction of sp³-hybridized carbons (Fsp3) is 0.250. The van der Waals surface area contributed by atoms with Gasteiger partial charge in [-0.25, -0.2) is 0 Å². The zero-order valence-corrected chi connectivity index (χ0v) is 14.9. The molecule has 2 aromatic rings. The minimum absolute atomic E-state index is 0.131. The molecular formula is C16H17Br2NO. The first-order valence-electron chi connectivity index (χ1n) is 6.34. The van der Waals surface area contributed by atoms with Gasteiger partial charge in [0.15, 0.2) is 0 Å². The van der Waals surface area contributed by atoms with Crippen molar-refractivity contribution in [2.75, 3.05) is 14.2 Å². The Morgan fingerprint density at radius 1 is 1.15 bits per heavy atom. The first kappa shape index (κ1) is 15.5. The van der Waals surface area contributed by atoms with Crippen LogP contribution in [0.2, 0.25) is 0 Å². The van der Waals surface area contributed by atoms with Gasteiger partial charge in [0, 0.05) is 4.47 Å². The Kier molecular flexibility index (Phi) is 5.24. The molecule has 0 aliphatic rings. The third-order valence-electron chi connectivity index (χ3n) is 3.33. The Labute approximate surface area is 136 Å². The monoisotopic (exact) mass is 397 g/mol. The summed E-state index contributed by atoms with van der Waals surface area (Å²) in [6, 6.07) is 12.6. The number of rotatable bonds is 4. The second-order valence-electron chi connectivity index (χ2n) is 4.59. The van der Waals surface area contributed by atoms with Crippen molar-refractivity contribution < 1.29 is 4.74 Å². The number of ether oxygens (including phenoxy) is 1. The largest absolute Gasteiger partial charge is 0.496 e. The Morgan fingerprint density at radius 2 is 1.90 bits per heavy atom. The molecule has 106 valence electrons. The molecule has 0 saturated carbocycles. The maximum absolute atomic E-state index is 5.29. The van der Waals surface area contributed by atoms with Crippen LogP contribution >= 0.6 is 31.9 Å². The second-order valence-corrected chi connectivity index (χ2v) is 6.24. The van der Waals surface area contributed by atoms with Crippen molar-refractivity contribution in [1.82, 2.24) is 5.32 Å². The number of hydrogen-bond acceptors (Lipinski definition) is 2. The van der Waals surface area contributed by atoms with Crippen LogP contribution in [0.15, 0.2) is 45.3 Å². The molecule has 2 nitrogen and oxygen atoms in total. The number of methoxy groups -OCH3 is 1. The van der Waals surface area contributed by atoms with Gasteiger partial charge in [0.2, 0.25) is 0 Å². The first-order valence-corrected chi connectivity index (χ1v) is 7.92. The summed E-state index contributed by atoms with van der Waals surface area (Å²) in [5.41, 5.74) is 3.64. The topological polar surface area (TPSA) is 21.3 Å². The van der Waals surface area contributed by atoms with Gasteiger partial charge in [-0.15, -0.1) is 0 Å². The zero-order valence-electron chi connectivity index (χ0n) is 11.7. The zero-order chi connectivity index (χ0) is 14.7. The first-order chi connectivity index (χ1) is 9.58. The van der Waals surface area contributed by atoms with Crippen LogP contribution < -0.4 is 10.1 Å². The molecule has 1 N–H and O–H groups in total. The van der Waals surface area contributed by atoms with Crippen LogP contribution in [0.4, 0.5) is 0 Å². The van der Waals surface area contributed by atoms with E-state index in [1.54, 1.807) is 7.11 Å². The van der Waals surface area contributed by atoms with E-state index in [-0.39, 0.29) is 6.04 Å². The van der Waals surface area contributed by atoms with Gasteiger partial charge in [-0.1, -0.05) is 40.2 Å². The van der Waals surface area contributed by atoms with Crippen molar-refractivity contribution in [3.8, 4) is 5.75 Å². The van der Waals surface area contributed by atoms with Crippen molar-refractivity contribution in [2.24, 2.45) is 0 Å². The summed E-state index contributed by atoms with van der Waals surface area (Å²) in [7, 11) is 3.64. The molecule has 0 saturated heterocycles. The lowest BCUT2D eigenvalue weighted by atomic mass is 9.97. The quantitative estimate of drug-likeness (QED) is 0.795. The molecule has 0 amide bonds. The molecule has 0 bridgehead atoms. The van der Waals surface area contributed by atoms with E-state index in [2.05, 4.69) is 74.4 Å². The number of nitrogens with one attached hydrogen (secondary N) is 1. The fourth-order valence-corrected chi connectivity index (χ4v) is 3.31. The molecule has 1 atom stereocenters. The second kappa shape index (κ2) is 6.74. The van der Waals surface area contributed by atoms with Crippen LogP contribution in [0, 0.1) is 6.92 Å². The maximum Gasteiger partial charge on any atom is 0.133 e. The van der Waals surface area contributed by atoms with E-state index >= 15 is 0 Å². The van der Waals surface area contributed by atoms with Crippen molar-refractivity contribution in [3.63, 3.8) is 0 Å². The average molecular weight is 399 g/mol. The van der Waals surface area contributed by atoms with E-state index in [1.807, 2.05) is 13.1 Å². The van der Waals surface area contributed by atoms with Gasteiger partial charge in [0.1, 0.15) is 5.75 Å². The summed E-state index contributed by atoms with van der Waals surface area (Å²) in [6.45, 7) is 2.10. The molecule has 0 fully saturated rings. The smallest absolute Gasteiger partial charge is 0.133 e. The van der Waals surface area contributed by atoms with Gasteiger partial charge >= 0.3 is 0 Å². The third kappa shape index (κ3) is 3.08. The highest BCUT2D eigenvalue weighted by Crippen LogP contribution is 2.34. The van der Waals surface area contributed by atoms with Crippen LogP contribution in [0.5, 0.6) is 5.75 Å². The van der Waals surface area contributed by atoms with Gasteiger partial charge in [-0.05, 0) is 58.7 Å². The van der Waals surface area contributed by atoms with Gasteiger partial charge in [0.25, 0.3) is 0 Å². The van der Waals surface area contributed by atoms with Gasteiger partial charge < -0.3 is 10.1 Å². The summed E-state index contributed by atoms with van der Waals surface area (Å²) in [6.07, 6.45) is 0. The minimum Gasteiger partial charge on any atom is -0.496 e. The highest BCUT2D eigenvalue weighted by Gasteiger charge is 2.17. The summed E-state index contributed by atoms with van der Waals surface area (Å²) < 4.78 is 7.39. The molecule has 0 aliphatic carbocycles. The average Bonchev–Trinajstić information content (AvgIpc) is 2.44. The van der Waals surface area contributed by atoms with E-state index in [0.717, 1.165) is 14.7 Å². The van der Waals surface area contributed by atoms with E-state index in [4.69, 9.17) is 4.74 Å². The van der Waals surface area contributed by atoms with Crippen molar-refractivity contribution in [3.05, 3.63) is 62.0 Å². The molecule has 0 aromatic heterocycles. The minimum atomic E-state index is 0.131. The summed E-state index contributed by atoms with van der Waals surface area (Å²) in [4.78, 5) is 0. The summed E-state index contributed by atoms with van der Waals surface area (Å²) in [5.74, 6) is 0.840. The third-order valence-corrected chi connectivity index (χ3v) is 5.03. The number of hydrogen-bond donors (Lipinski definition) is 1. The fourth-order valence-electron chi connectivity index (χ4n) is 2.26. The normalized spacial score (nSPS) is 12.2. The van der Waals surface area contributed by atoms with Crippen molar-refractivity contribution >= 4 is 31.9 Å². The predicted octanol–water partition coefficient (Wildman–Crippen LogP) is 4.84. The van der Waals surface area contributed by atoms with Crippen LogP contribution in [-0.2, 0) is 0 Å². The molecule has 0 aliphatic heterocycles. The van der Waals surface area contributed by atoms with Crippen LogP contribution in [0.3, 0.4) is 0 Å². The summed E-state index contributed by atoms with van der Waals surface area (Å²) >= 11 is 7.23. The lowest BCUT2D eigenvalue weighted by molar-refractivity contribution is 0.412. The molecule has 20 heavy (non-hydrogen) atoms. The maximum atomic E-state index is 5.29. The van der Waals surface area contributed by atoms with Crippen LogP contribution in [0.1, 0.15) is 22.7 Å². The van der Waals surface area contributed by atoms with Gasteiger partial charge in [0.05, 0.1) is 17.6 Å². The van der Waals surface area contributed by atoms with Crippen molar-refractivity contribution in [1.29, 1.82) is 0 Å². The molecule has 2 aromatic carbocycles. The molecule has 0 spiro atoms. The molecule has 4 heteroatoms. The van der Waals surface area contributed by atoms with E-state index in [1.165, 1.54) is 16.7 Å². The highest BCUT2D eigenvalue weighted by molar-refractivity contribution is 9.10. The van der Waals surface area contributed by atoms with E-state index in [9.17, 15) is 0 Å². The highest BCUT2D eigenvalue weighted by atomic mass is 79.9. The van der Waals surface area contributed by atoms with Crippen LogP contribution in [0.25, 0.3) is 0 Å². The lowest BCUT2D eigenvalue weighted by Crippen LogP contribution is -2.18. The van der Waals surface area contributed by atoms with Crippen LogP contribution in [-0.4, -0.2) is 14.2 Å². The molecule has 1 unspecified atom stereocenters. The molecule has 2 rings (SSSR count). The Bertz CT molecular complexity index is 613. The number of benzene rings is 2. The lowest BCUT2D eigenvalue weighted by Gasteiger charge is -2.20. The predicted molar refractivity (Wildman–Crippen MR) is 90.5 cm³/mol. The SMILES string of the molecule is CNC(c1ccc(OC)c(Br)c1)c1cccc(C)c1Br. The van der Waals surface area contributed by atoms with E-state index in [0.29, 0.717) is 0 Å².